The maximum atomic E-state index is 13.3. The lowest BCUT2D eigenvalue weighted by atomic mass is 9.94. The molecule has 144 valence electrons. The van der Waals surface area contributed by atoms with Gasteiger partial charge in [0.05, 0.1) is 11.4 Å². The third kappa shape index (κ3) is 3.45. The lowest BCUT2D eigenvalue weighted by Crippen LogP contribution is -2.34. The van der Waals surface area contributed by atoms with Gasteiger partial charge in [-0.2, -0.15) is 4.39 Å². The molecule has 7 nitrogen and oxygen atoms in total. The fraction of sp³-hybridized carbons (Fsp3) is 0.300. The Bertz CT molecular complexity index is 963. The Morgan fingerprint density at radius 1 is 1.21 bits per heavy atom. The zero-order valence-corrected chi connectivity index (χ0v) is 15.5. The molecule has 1 aliphatic heterocycles. The van der Waals surface area contributed by atoms with Crippen LogP contribution in [0.5, 0.6) is 0 Å². The molecule has 1 fully saturated rings. The summed E-state index contributed by atoms with van der Waals surface area (Å²) in [6, 6.07) is 8.77. The van der Waals surface area contributed by atoms with Crippen molar-refractivity contribution in [1.29, 1.82) is 0 Å². The summed E-state index contributed by atoms with van der Waals surface area (Å²) in [5.41, 5.74) is 3.38. The lowest BCUT2D eigenvalue weighted by Gasteiger charge is -2.35. The van der Waals surface area contributed by atoms with Crippen molar-refractivity contribution in [2.75, 3.05) is 23.3 Å². The Morgan fingerprint density at radius 2 is 2.04 bits per heavy atom. The van der Waals surface area contributed by atoms with Crippen LogP contribution in [0.2, 0.25) is 0 Å². The third-order valence-electron chi connectivity index (χ3n) is 5.21. The van der Waals surface area contributed by atoms with Gasteiger partial charge in [-0.15, -0.1) is 10.2 Å². The number of nitrogens with zero attached hydrogens (tertiary/aromatic N) is 5. The topological polar surface area (TPSA) is 75.9 Å². The van der Waals surface area contributed by atoms with Crippen LogP contribution in [0.25, 0.3) is 11.1 Å². The van der Waals surface area contributed by atoms with Crippen LogP contribution in [0.15, 0.2) is 42.9 Å². The van der Waals surface area contributed by atoms with Crippen molar-refractivity contribution in [3.05, 3.63) is 54.6 Å². The fourth-order valence-electron chi connectivity index (χ4n) is 3.86. The normalized spacial score (nSPS) is 14.9. The van der Waals surface area contributed by atoms with Crippen LogP contribution in [-0.4, -0.2) is 39.2 Å². The first-order valence-electron chi connectivity index (χ1n) is 9.21. The molecule has 0 radical (unpaired) electrons. The minimum Gasteiger partial charge on any atom is -0.369 e. The summed E-state index contributed by atoms with van der Waals surface area (Å²) in [7, 11) is 1.96. The first kappa shape index (κ1) is 18.1. The van der Waals surface area contributed by atoms with Crippen molar-refractivity contribution in [3.63, 3.8) is 0 Å². The number of carbonyl (C=O) groups excluding carboxylic acids is 1. The molecule has 28 heavy (non-hydrogen) atoms. The number of rotatable bonds is 5. The second-order valence-electron chi connectivity index (χ2n) is 6.89. The van der Waals surface area contributed by atoms with Crippen molar-refractivity contribution < 1.29 is 9.18 Å². The molecule has 0 aliphatic carbocycles. The van der Waals surface area contributed by atoms with Gasteiger partial charge in [0.15, 0.2) is 0 Å². The van der Waals surface area contributed by atoms with Gasteiger partial charge in [-0.05, 0) is 31.0 Å². The summed E-state index contributed by atoms with van der Waals surface area (Å²) in [5.74, 6) is 0.838. The molecule has 0 spiro atoms. The monoisotopic (exact) mass is 380 g/mol. The van der Waals surface area contributed by atoms with Crippen molar-refractivity contribution >= 4 is 17.8 Å². The summed E-state index contributed by atoms with van der Waals surface area (Å²) < 4.78 is 15.2. The fourth-order valence-corrected chi connectivity index (χ4v) is 3.86. The van der Waals surface area contributed by atoms with Gasteiger partial charge in [0, 0.05) is 43.4 Å². The molecule has 0 unspecified atom stereocenters. The molecule has 1 aliphatic rings. The Morgan fingerprint density at radius 3 is 2.68 bits per heavy atom. The molecule has 0 bridgehead atoms. The highest BCUT2D eigenvalue weighted by atomic mass is 19.1. The molecule has 8 heteroatoms. The molecule has 3 aromatic rings. The number of piperidine rings is 1. The molecule has 4 rings (SSSR count). The first-order valence-corrected chi connectivity index (χ1v) is 9.21. The molecule has 1 saturated heterocycles. The van der Waals surface area contributed by atoms with E-state index in [9.17, 15) is 9.18 Å². The summed E-state index contributed by atoms with van der Waals surface area (Å²) >= 11 is 0. The van der Waals surface area contributed by atoms with Crippen molar-refractivity contribution in [1.82, 2.24) is 19.7 Å². The molecule has 2 aromatic heterocycles. The average molecular weight is 380 g/mol. The quantitative estimate of drug-likeness (QED) is 0.544. The van der Waals surface area contributed by atoms with Gasteiger partial charge >= 0.3 is 0 Å². The SMILES string of the molecule is Cn1cnnc1C1CCN(c2c(NC=O)cccc2-c2ccc(F)nc2)CC1. The van der Waals surface area contributed by atoms with E-state index in [1.54, 1.807) is 12.4 Å². The van der Waals surface area contributed by atoms with Gasteiger partial charge in [0.2, 0.25) is 12.4 Å². The van der Waals surface area contributed by atoms with Crippen LogP contribution in [0.4, 0.5) is 15.8 Å². The second-order valence-corrected chi connectivity index (χ2v) is 6.89. The maximum absolute atomic E-state index is 13.3. The second kappa shape index (κ2) is 7.75. The smallest absolute Gasteiger partial charge is 0.212 e. The van der Waals surface area contributed by atoms with E-state index in [-0.39, 0.29) is 0 Å². The number of amides is 1. The zero-order chi connectivity index (χ0) is 19.5. The van der Waals surface area contributed by atoms with Gasteiger partial charge in [-0.25, -0.2) is 4.98 Å². The Kier molecular flexibility index (Phi) is 5.01. The highest BCUT2D eigenvalue weighted by Gasteiger charge is 2.26. The van der Waals surface area contributed by atoms with E-state index in [0.717, 1.165) is 54.3 Å². The Labute approximate surface area is 162 Å². The number of anilines is 2. The summed E-state index contributed by atoms with van der Waals surface area (Å²) in [6.07, 6.45) is 5.79. The van der Waals surface area contributed by atoms with Crippen LogP contribution in [0.1, 0.15) is 24.6 Å². The zero-order valence-electron chi connectivity index (χ0n) is 15.5. The number of halogens is 1. The van der Waals surface area contributed by atoms with E-state index in [1.165, 1.54) is 12.3 Å². The van der Waals surface area contributed by atoms with Gasteiger partial charge in [-0.3, -0.25) is 4.79 Å². The van der Waals surface area contributed by atoms with Crippen LogP contribution in [-0.2, 0) is 11.8 Å². The number of aryl methyl sites for hydroxylation is 1. The Hall–Kier alpha value is -3.29. The first-order chi connectivity index (χ1) is 13.7. The largest absolute Gasteiger partial charge is 0.369 e. The van der Waals surface area contributed by atoms with Crippen LogP contribution in [0.3, 0.4) is 0 Å². The number of hydrogen-bond acceptors (Lipinski definition) is 5. The molecular weight excluding hydrogens is 359 g/mol. The Balaban J connectivity index is 1.65. The van der Waals surface area contributed by atoms with Crippen LogP contribution >= 0.6 is 0 Å². The number of nitrogens with one attached hydrogen (secondary N) is 1. The van der Waals surface area contributed by atoms with E-state index in [0.29, 0.717) is 12.3 Å². The molecular formula is C20H21FN6O. The van der Waals surface area contributed by atoms with Gasteiger partial charge < -0.3 is 14.8 Å². The van der Waals surface area contributed by atoms with E-state index in [2.05, 4.69) is 25.4 Å². The summed E-state index contributed by atoms with van der Waals surface area (Å²) in [4.78, 5) is 17.2. The number of aromatic nitrogens is 4. The van der Waals surface area contributed by atoms with E-state index < -0.39 is 5.95 Å². The molecule has 3 heterocycles. The number of benzene rings is 1. The lowest BCUT2D eigenvalue weighted by molar-refractivity contribution is -0.105. The summed E-state index contributed by atoms with van der Waals surface area (Å²) in [6.45, 7) is 1.63. The van der Waals surface area contributed by atoms with Gasteiger partial charge in [-0.1, -0.05) is 12.1 Å². The van der Waals surface area contributed by atoms with Crippen LogP contribution in [0, 0.1) is 5.95 Å². The molecule has 1 N–H and O–H groups in total. The van der Waals surface area contributed by atoms with E-state index in [4.69, 9.17) is 0 Å². The predicted octanol–water partition coefficient (Wildman–Crippen LogP) is 2.97. The summed E-state index contributed by atoms with van der Waals surface area (Å²) in [5, 5.41) is 11.0. The van der Waals surface area contributed by atoms with Crippen LogP contribution < -0.4 is 10.2 Å². The number of pyridine rings is 1. The average Bonchev–Trinajstić information content (AvgIpc) is 3.15. The third-order valence-corrected chi connectivity index (χ3v) is 5.21. The predicted molar refractivity (Wildman–Crippen MR) is 105 cm³/mol. The maximum Gasteiger partial charge on any atom is 0.212 e. The molecule has 1 amide bonds. The minimum atomic E-state index is -0.517. The highest BCUT2D eigenvalue weighted by Crippen LogP contribution is 2.40. The van der Waals surface area contributed by atoms with Crippen molar-refractivity contribution in [2.45, 2.75) is 18.8 Å². The molecule has 0 atom stereocenters. The van der Waals surface area contributed by atoms with Gasteiger partial charge in [0.1, 0.15) is 12.2 Å². The molecule has 1 aromatic carbocycles. The number of para-hydroxylation sites is 1. The standard InChI is InChI=1S/C20H21FN6O/c1-26-12-24-25-20(26)14-7-9-27(10-8-14)19-16(3-2-4-17(19)23-13-28)15-5-6-18(21)22-11-15/h2-6,11-14H,7-10H2,1H3,(H,23,28). The van der Waals surface area contributed by atoms with E-state index in [1.807, 2.05) is 29.8 Å². The van der Waals surface area contributed by atoms with Crippen molar-refractivity contribution in [3.8, 4) is 11.1 Å². The minimum absolute atomic E-state index is 0.353. The van der Waals surface area contributed by atoms with E-state index >= 15 is 0 Å². The number of hydrogen-bond donors (Lipinski definition) is 1. The number of carbonyl (C=O) groups is 1. The highest BCUT2D eigenvalue weighted by molar-refractivity contribution is 5.91. The van der Waals surface area contributed by atoms with Crippen molar-refractivity contribution in [2.24, 2.45) is 7.05 Å². The van der Waals surface area contributed by atoms with Gasteiger partial charge in [0.25, 0.3) is 0 Å². The molecule has 0 saturated carbocycles.